The summed E-state index contributed by atoms with van der Waals surface area (Å²) in [6.45, 7) is -0.323. The molecule has 7 nitrogen and oxygen atoms in total. The Kier molecular flexibility index (Phi) is 6.71. The van der Waals surface area contributed by atoms with Gasteiger partial charge in [-0.1, -0.05) is 60.5 Å². The maximum atomic E-state index is 15.1. The van der Waals surface area contributed by atoms with Crippen molar-refractivity contribution in [1.82, 2.24) is 20.3 Å². The Morgan fingerprint density at radius 2 is 1.61 bits per heavy atom. The number of fused-ring (bicyclic) bond motifs is 1. The maximum Gasteiger partial charge on any atom is 0.249 e. The molecule has 2 amide bonds. The summed E-state index contributed by atoms with van der Waals surface area (Å²) in [6.07, 6.45) is 3.55. The number of halogens is 2. The van der Waals surface area contributed by atoms with E-state index in [1.54, 1.807) is 36.4 Å². The lowest BCUT2D eigenvalue weighted by Gasteiger charge is -2.32. The van der Waals surface area contributed by atoms with Crippen molar-refractivity contribution in [2.45, 2.75) is 44.3 Å². The van der Waals surface area contributed by atoms with E-state index >= 15 is 8.78 Å². The number of carbonyl (C=O) groups excluding carboxylic acids is 2. The molecule has 3 aromatic carbocycles. The van der Waals surface area contributed by atoms with Crippen molar-refractivity contribution < 1.29 is 18.4 Å². The van der Waals surface area contributed by atoms with Crippen molar-refractivity contribution in [2.75, 3.05) is 4.90 Å². The number of benzene rings is 3. The van der Waals surface area contributed by atoms with Crippen LogP contribution < -0.4 is 10.2 Å². The number of aromatic nitrogens is 3. The fourth-order valence-corrected chi connectivity index (χ4v) is 4.75. The molecule has 0 spiro atoms. The number of hydrogen-bond donors (Lipinski definition) is 1. The van der Waals surface area contributed by atoms with Crippen LogP contribution in [-0.4, -0.2) is 32.9 Å². The third-order valence-electron chi connectivity index (χ3n) is 6.49. The summed E-state index contributed by atoms with van der Waals surface area (Å²) in [4.78, 5) is 28.5. The van der Waals surface area contributed by atoms with Crippen molar-refractivity contribution >= 4 is 28.5 Å². The molecule has 0 unspecified atom stereocenters. The average molecular weight is 490 g/mol. The molecule has 9 heteroatoms. The average Bonchev–Trinajstić information content (AvgIpc) is 3.54. The van der Waals surface area contributed by atoms with Gasteiger partial charge in [0.05, 0.1) is 11.2 Å². The van der Waals surface area contributed by atoms with E-state index in [1.807, 2.05) is 0 Å². The van der Waals surface area contributed by atoms with E-state index in [2.05, 4.69) is 15.6 Å². The minimum atomic E-state index is -1.43. The monoisotopic (exact) mass is 489 g/mol. The summed E-state index contributed by atoms with van der Waals surface area (Å²) in [5, 5.41) is 11.1. The predicted molar refractivity (Wildman–Crippen MR) is 131 cm³/mol. The first-order valence-electron chi connectivity index (χ1n) is 11.9. The van der Waals surface area contributed by atoms with Gasteiger partial charge in [-0.25, -0.2) is 13.5 Å². The Balaban J connectivity index is 1.60. The summed E-state index contributed by atoms with van der Waals surface area (Å²) < 4.78 is 31.6. The largest absolute Gasteiger partial charge is 0.351 e. The van der Waals surface area contributed by atoms with Crippen LogP contribution in [0.4, 0.5) is 14.5 Å². The van der Waals surface area contributed by atoms with E-state index in [0.717, 1.165) is 30.6 Å². The first kappa shape index (κ1) is 23.6. The van der Waals surface area contributed by atoms with Gasteiger partial charge in [0.1, 0.15) is 29.7 Å². The lowest BCUT2D eigenvalue weighted by Crippen LogP contribution is -2.48. The molecule has 1 aromatic heterocycles. The van der Waals surface area contributed by atoms with Crippen LogP contribution in [0.25, 0.3) is 11.0 Å². The Hall–Kier alpha value is -4.14. The van der Waals surface area contributed by atoms with Crippen molar-refractivity contribution in [3.63, 3.8) is 0 Å². The molecule has 0 saturated heterocycles. The van der Waals surface area contributed by atoms with Crippen molar-refractivity contribution in [3.8, 4) is 0 Å². The fraction of sp³-hybridized carbons (Fsp3) is 0.259. The summed E-state index contributed by atoms with van der Waals surface area (Å²) >= 11 is 0. The van der Waals surface area contributed by atoms with E-state index in [0.29, 0.717) is 11.0 Å². The van der Waals surface area contributed by atoms with Crippen LogP contribution in [0.1, 0.15) is 37.3 Å². The Morgan fingerprint density at radius 3 is 2.36 bits per heavy atom. The topological polar surface area (TPSA) is 80.1 Å². The van der Waals surface area contributed by atoms with Crippen LogP contribution in [0.5, 0.6) is 0 Å². The van der Waals surface area contributed by atoms with Gasteiger partial charge < -0.3 is 5.32 Å². The number of amides is 2. The normalized spacial score (nSPS) is 14.6. The van der Waals surface area contributed by atoms with Gasteiger partial charge in [-0.2, -0.15) is 0 Å². The van der Waals surface area contributed by atoms with Gasteiger partial charge in [-0.3, -0.25) is 14.5 Å². The Bertz CT molecular complexity index is 1400. The molecule has 36 heavy (non-hydrogen) atoms. The second-order valence-electron chi connectivity index (χ2n) is 8.86. The van der Waals surface area contributed by atoms with Crippen molar-refractivity contribution in [2.24, 2.45) is 0 Å². The zero-order valence-electron chi connectivity index (χ0n) is 19.5. The Morgan fingerprint density at radius 1 is 0.944 bits per heavy atom. The van der Waals surface area contributed by atoms with Crippen molar-refractivity contribution in [1.29, 1.82) is 0 Å². The van der Waals surface area contributed by atoms with Crippen LogP contribution in [0.3, 0.4) is 0 Å². The van der Waals surface area contributed by atoms with Gasteiger partial charge in [-0.05, 0) is 43.2 Å². The quantitative estimate of drug-likeness (QED) is 0.413. The standard InChI is InChI=1S/C27H25F2N5O2/c28-20-12-4-3-11-19(20)26(27(36)30-18-9-1-2-10-18)34(23-15-7-5-13-21(23)29)25(35)17-33-24-16-8-6-14-22(24)31-32-33/h3-8,11-16,18,26H,1-2,9-10,17H2,(H,30,36)/t26-/m1/s1. The molecule has 1 saturated carbocycles. The van der Waals surface area contributed by atoms with Gasteiger partial charge in [0.15, 0.2) is 0 Å². The molecular weight excluding hydrogens is 464 g/mol. The fourth-order valence-electron chi connectivity index (χ4n) is 4.75. The molecule has 0 radical (unpaired) electrons. The number of anilines is 1. The van der Waals surface area contributed by atoms with Gasteiger partial charge in [-0.15, -0.1) is 5.10 Å². The Labute approximate surface area is 206 Å². The predicted octanol–water partition coefficient (Wildman–Crippen LogP) is 4.54. The van der Waals surface area contributed by atoms with E-state index < -0.39 is 29.5 Å². The first-order chi connectivity index (χ1) is 17.5. The van der Waals surface area contributed by atoms with Gasteiger partial charge in [0.2, 0.25) is 11.8 Å². The number of para-hydroxylation sites is 2. The highest BCUT2D eigenvalue weighted by atomic mass is 19.1. The molecular formula is C27H25F2N5O2. The number of rotatable bonds is 7. The summed E-state index contributed by atoms with van der Waals surface area (Å²) in [5.41, 5.74) is 1.05. The van der Waals surface area contributed by atoms with E-state index in [-0.39, 0.29) is 23.8 Å². The molecule has 0 aliphatic heterocycles. The smallest absolute Gasteiger partial charge is 0.249 e. The minimum absolute atomic E-state index is 0.0203. The lowest BCUT2D eigenvalue weighted by molar-refractivity contribution is -0.127. The highest BCUT2D eigenvalue weighted by molar-refractivity contribution is 6.01. The molecule has 5 rings (SSSR count). The van der Waals surface area contributed by atoms with E-state index in [1.165, 1.54) is 41.1 Å². The number of nitrogens with zero attached hydrogens (tertiary/aromatic N) is 4. The van der Waals surface area contributed by atoms with Crippen LogP contribution in [-0.2, 0) is 16.1 Å². The van der Waals surface area contributed by atoms with Crippen LogP contribution in [0.15, 0.2) is 72.8 Å². The van der Waals surface area contributed by atoms with Crippen LogP contribution >= 0.6 is 0 Å². The molecule has 0 bridgehead atoms. The number of hydrogen-bond acceptors (Lipinski definition) is 4. The maximum absolute atomic E-state index is 15.1. The molecule has 1 heterocycles. The number of nitrogens with one attached hydrogen (secondary N) is 1. The molecule has 1 atom stereocenters. The second-order valence-corrected chi connectivity index (χ2v) is 8.86. The van der Waals surface area contributed by atoms with Crippen LogP contribution in [0, 0.1) is 11.6 Å². The molecule has 1 aliphatic rings. The number of carbonyl (C=O) groups is 2. The van der Waals surface area contributed by atoms with Crippen molar-refractivity contribution in [3.05, 3.63) is 90.0 Å². The van der Waals surface area contributed by atoms with Gasteiger partial charge in [0, 0.05) is 11.6 Å². The first-order valence-corrected chi connectivity index (χ1v) is 11.9. The minimum Gasteiger partial charge on any atom is -0.351 e. The SMILES string of the molecule is O=C(NC1CCCC1)[C@@H](c1ccccc1F)N(C(=O)Cn1nnc2ccccc21)c1ccccc1F. The van der Waals surface area contributed by atoms with E-state index in [4.69, 9.17) is 0 Å². The highest BCUT2D eigenvalue weighted by Crippen LogP contribution is 2.32. The molecule has 4 aromatic rings. The summed E-state index contributed by atoms with van der Waals surface area (Å²) in [6, 6.07) is 17.0. The third-order valence-corrected chi connectivity index (χ3v) is 6.49. The zero-order valence-corrected chi connectivity index (χ0v) is 19.5. The van der Waals surface area contributed by atoms with E-state index in [9.17, 15) is 9.59 Å². The summed E-state index contributed by atoms with van der Waals surface area (Å²) in [5.74, 6) is -2.56. The summed E-state index contributed by atoms with van der Waals surface area (Å²) in [7, 11) is 0. The lowest BCUT2D eigenvalue weighted by atomic mass is 10.0. The molecule has 1 aliphatic carbocycles. The second kappa shape index (κ2) is 10.2. The van der Waals surface area contributed by atoms with Gasteiger partial charge >= 0.3 is 0 Å². The molecule has 1 fully saturated rings. The molecule has 184 valence electrons. The third kappa shape index (κ3) is 4.68. The highest BCUT2D eigenvalue weighted by Gasteiger charge is 2.37. The van der Waals surface area contributed by atoms with Gasteiger partial charge in [0.25, 0.3) is 0 Å². The van der Waals surface area contributed by atoms with Crippen LogP contribution in [0.2, 0.25) is 0 Å². The molecule has 1 N–H and O–H groups in total. The zero-order chi connectivity index (χ0) is 25.1.